The van der Waals surface area contributed by atoms with Crippen molar-refractivity contribution in [1.29, 1.82) is 0 Å². The maximum atomic E-state index is 6.51. The summed E-state index contributed by atoms with van der Waals surface area (Å²) in [5.41, 5.74) is 3.61. The number of fused-ring (bicyclic) bond motifs is 1. The zero-order valence-corrected chi connectivity index (χ0v) is 16.9. The number of rotatable bonds is 6. The molecule has 2 aromatic rings. The fourth-order valence-electron chi connectivity index (χ4n) is 4.07. The van der Waals surface area contributed by atoms with Gasteiger partial charge in [-0.05, 0) is 62.6 Å². The lowest BCUT2D eigenvalue weighted by Gasteiger charge is -2.26. The molecule has 1 atom stereocenters. The van der Waals surface area contributed by atoms with Crippen LogP contribution in [0.1, 0.15) is 61.2 Å². The van der Waals surface area contributed by atoms with Gasteiger partial charge in [-0.3, -0.25) is 0 Å². The number of hydrogen-bond acceptors (Lipinski definition) is 3. The fraction of sp³-hybridized carbons (Fsp3) is 0.524. The third kappa shape index (κ3) is 3.57. The zero-order chi connectivity index (χ0) is 18.3. The van der Waals surface area contributed by atoms with E-state index in [0.717, 1.165) is 66.2 Å². The Morgan fingerprint density at radius 3 is 2.65 bits per heavy atom. The van der Waals surface area contributed by atoms with E-state index < -0.39 is 0 Å². The van der Waals surface area contributed by atoms with Crippen LogP contribution in [0.3, 0.4) is 0 Å². The molecule has 0 spiro atoms. The molecule has 4 rings (SSSR count). The molecule has 0 N–H and O–H groups in total. The number of halogens is 2. The van der Waals surface area contributed by atoms with Crippen LogP contribution in [0.25, 0.3) is 0 Å². The second-order valence-corrected chi connectivity index (χ2v) is 8.45. The molecule has 1 unspecified atom stereocenters. The molecule has 0 bridgehead atoms. The van der Waals surface area contributed by atoms with E-state index in [1.54, 1.807) is 0 Å². The van der Waals surface area contributed by atoms with E-state index in [2.05, 4.69) is 17.9 Å². The van der Waals surface area contributed by atoms with Crippen LogP contribution >= 0.6 is 23.2 Å². The van der Waals surface area contributed by atoms with Crippen LogP contribution < -0.4 is 4.90 Å². The summed E-state index contributed by atoms with van der Waals surface area (Å²) in [6, 6.07) is 5.81. The SMILES string of the molecule is CCCN(CC1CC1)c1nc(C)nc2c1CCC2c1ccc(Cl)cc1Cl. The Kier molecular flexibility index (Phi) is 5.11. The van der Waals surface area contributed by atoms with Crippen molar-refractivity contribution in [1.82, 2.24) is 9.97 Å². The largest absolute Gasteiger partial charge is 0.356 e. The van der Waals surface area contributed by atoms with Crippen molar-refractivity contribution < 1.29 is 0 Å². The van der Waals surface area contributed by atoms with Gasteiger partial charge in [0.05, 0.1) is 5.69 Å². The predicted octanol–water partition coefficient (Wildman–Crippen LogP) is 5.80. The fourth-order valence-corrected chi connectivity index (χ4v) is 4.61. The molecule has 0 saturated heterocycles. The van der Waals surface area contributed by atoms with Crippen LogP contribution in [0.4, 0.5) is 5.82 Å². The van der Waals surface area contributed by atoms with E-state index >= 15 is 0 Å². The average molecular weight is 390 g/mol. The minimum Gasteiger partial charge on any atom is -0.356 e. The molecular formula is C21H25Cl2N3. The van der Waals surface area contributed by atoms with Crippen LogP contribution in [0, 0.1) is 12.8 Å². The third-order valence-electron chi connectivity index (χ3n) is 5.45. The van der Waals surface area contributed by atoms with Crippen LogP contribution in [-0.4, -0.2) is 23.1 Å². The van der Waals surface area contributed by atoms with Gasteiger partial charge in [-0.15, -0.1) is 0 Å². The Labute approximate surface area is 165 Å². The van der Waals surface area contributed by atoms with Crippen molar-refractivity contribution in [3.05, 3.63) is 50.9 Å². The maximum absolute atomic E-state index is 6.51. The molecule has 0 aliphatic heterocycles. The van der Waals surface area contributed by atoms with E-state index in [9.17, 15) is 0 Å². The Morgan fingerprint density at radius 1 is 1.15 bits per heavy atom. The summed E-state index contributed by atoms with van der Waals surface area (Å²) in [6.07, 6.45) is 5.90. The summed E-state index contributed by atoms with van der Waals surface area (Å²) >= 11 is 12.6. The molecular weight excluding hydrogens is 365 g/mol. The Hall–Kier alpha value is -1.32. The lowest BCUT2D eigenvalue weighted by Crippen LogP contribution is -2.29. The zero-order valence-electron chi connectivity index (χ0n) is 15.4. The van der Waals surface area contributed by atoms with Crippen LogP contribution in [0.5, 0.6) is 0 Å². The summed E-state index contributed by atoms with van der Waals surface area (Å²) in [5.74, 6) is 3.09. The highest BCUT2D eigenvalue weighted by atomic mass is 35.5. The number of benzene rings is 1. The molecule has 1 heterocycles. The summed E-state index contributed by atoms with van der Waals surface area (Å²) in [5, 5.41) is 1.41. The number of anilines is 1. The van der Waals surface area contributed by atoms with Crippen LogP contribution in [0.15, 0.2) is 18.2 Å². The van der Waals surface area contributed by atoms with E-state index in [1.807, 2.05) is 19.1 Å². The highest BCUT2D eigenvalue weighted by Crippen LogP contribution is 2.43. The van der Waals surface area contributed by atoms with Gasteiger partial charge in [-0.25, -0.2) is 9.97 Å². The second kappa shape index (κ2) is 7.36. The quantitative estimate of drug-likeness (QED) is 0.625. The molecule has 26 heavy (non-hydrogen) atoms. The first-order valence-electron chi connectivity index (χ1n) is 9.64. The first kappa shape index (κ1) is 18.1. The monoisotopic (exact) mass is 389 g/mol. The van der Waals surface area contributed by atoms with Gasteiger partial charge in [0, 0.05) is 34.6 Å². The molecule has 1 saturated carbocycles. The van der Waals surface area contributed by atoms with Gasteiger partial charge in [0.15, 0.2) is 0 Å². The normalized spacial score (nSPS) is 18.8. The van der Waals surface area contributed by atoms with Gasteiger partial charge in [0.1, 0.15) is 11.6 Å². The van der Waals surface area contributed by atoms with Crippen molar-refractivity contribution in [2.45, 2.75) is 51.9 Å². The van der Waals surface area contributed by atoms with E-state index in [-0.39, 0.29) is 5.92 Å². The number of hydrogen-bond donors (Lipinski definition) is 0. The molecule has 2 aliphatic rings. The molecule has 5 heteroatoms. The summed E-state index contributed by atoms with van der Waals surface area (Å²) in [7, 11) is 0. The molecule has 1 aromatic heterocycles. The van der Waals surface area contributed by atoms with E-state index in [4.69, 9.17) is 33.2 Å². The number of aromatic nitrogens is 2. The average Bonchev–Trinajstić information content (AvgIpc) is 3.32. The Bertz CT molecular complexity index is 817. The molecule has 1 fully saturated rings. The van der Waals surface area contributed by atoms with Gasteiger partial charge in [0.2, 0.25) is 0 Å². The molecule has 0 radical (unpaired) electrons. The van der Waals surface area contributed by atoms with Gasteiger partial charge in [0.25, 0.3) is 0 Å². The van der Waals surface area contributed by atoms with Gasteiger partial charge < -0.3 is 4.90 Å². The van der Waals surface area contributed by atoms with Crippen molar-refractivity contribution in [3.63, 3.8) is 0 Å². The van der Waals surface area contributed by atoms with Crippen molar-refractivity contribution >= 4 is 29.0 Å². The smallest absolute Gasteiger partial charge is 0.135 e. The minimum absolute atomic E-state index is 0.236. The first-order valence-corrected chi connectivity index (χ1v) is 10.4. The van der Waals surface area contributed by atoms with Crippen molar-refractivity contribution in [2.75, 3.05) is 18.0 Å². The minimum atomic E-state index is 0.236. The number of aryl methyl sites for hydroxylation is 1. The predicted molar refractivity (Wildman–Crippen MR) is 109 cm³/mol. The van der Waals surface area contributed by atoms with Crippen molar-refractivity contribution in [2.24, 2.45) is 5.92 Å². The van der Waals surface area contributed by atoms with E-state index in [0.29, 0.717) is 5.02 Å². The lowest BCUT2D eigenvalue weighted by molar-refractivity contribution is 0.691. The van der Waals surface area contributed by atoms with Crippen LogP contribution in [-0.2, 0) is 6.42 Å². The van der Waals surface area contributed by atoms with Gasteiger partial charge >= 0.3 is 0 Å². The molecule has 1 aromatic carbocycles. The van der Waals surface area contributed by atoms with Crippen LogP contribution in [0.2, 0.25) is 10.0 Å². The highest BCUT2D eigenvalue weighted by molar-refractivity contribution is 6.35. The van der Waals surface area contributed by atoms with Gasteiger partial charge in [-0.2, -0.15) is 0 Å². The summed E-state index contributed by atoms with van der Waals surface area (Å²) < 4.78 is 0. The third-order valence-corrected chi connectivity index (χ3v) is 6.01. The Morgan fingerprint density at radius 2 is 1.96 bits per heavy atom. The lowest BCUT2D eigenvalue weighted by atomic mass is 9.96. The molecule has 138 valence electrons. The molecule has 3 nitrogen and oxygen atoms in total. The van der Waals surface area contributed by atoms with E-state index in [1.165, 1.54) is 18.4 Å². The second-order valence-electron chi connectivity index (χ2n) is 7.60. The number of nitrogens with zero attached hydrogens (tertiary/aromatic N) is 3. The van der Waals surface area contributed by atoms with Gasteiger partial charge in [-0.1, -0.05) is 36.2 Å². The standard InChI is InChI=1S/C21H25Cl2N3/c1-3-10-26(12-14-4-5-14)21-18-9-8-17(20(18)24-13(2)25-21)16-7-6-15(22)11-19(16)23/h6-7,11,14,17H,3-5,8-10,12H2,1-2H3. The first-order chi connectivity index (χ1) is 12.6. The van der Waals surface area contributed by atoms with Crippen molar-refractivity contribution in [3.8, 4) is 0 Å². The summed E-state index contributed by atoms with van der Waals surface area (Å²) in [6.45, 7) is 6.43. The summed E-state index contributed by atoms with van der Waals surface area (Å²) in [4.78, 5) is 12.2. The highest BCUT2D eigenvalue weighted by Gasteiger charge is 2.33. The molecule has 0 amide bonds. The Balaban J connectivity index is 1.73. The molecule has 2 aliphatic carbocycles. The maximum Gasteiger partial charge on any atom is 0.135 e. The topological polar surface area (TPSA) is 29.0 Å².